The number of hydrogen-bond donors (Lipinski definition) is 2. The van der Waals surface area contributed by atoms with Crippen LogP contribution in [0.4, 0.5) is 5.69 Å². The molecule has 39 heavy (non-hydrogen) atoms. The van der Waals surface area contributed by atoms with Crippen molar-refractivity contribution >= 4 is 35.2 Å². The minimum atomic E-state index is -0.123. The minimum absolute atomic E-state index is 0.123. The van der Waals surface area contributed by atoms with E-state index in [0.29, 0.717) is 31.1 Å². The zero-order valence-electron chi connectivity index (χ0n) is 23.5. The van der Waals surface area contributed by atoms with Gasteiger partial charge in [-0.3, -0.25) is 4.79 Å². The standard InChI is InChI=1S/C32H39N3O3S/c1-5-34(6-2)23-13-15-27-29(21-23)38-30-22-24(35(7-3)8-4)14-16-28(30)31(27)25-11-9-10-12-26(25)32(36)33-17-18-37-19-20-39/h9-16,21-22H,5-8,17-20H2,1-4H3,(H-,33,36,39)/p+1. The third-order valence-corrected chi connectivity index (χ3v) is 7.34. The number of anilines is 1. The van der Waals surface area contributed by atoms with E-state index in [4.69, 9.17) is 9.15 Å². The van der Waals surface area contributed by atoms with Gasteiger partial charge in [-0.25, -0.2) is 4.58 Å². The molecule has 0 saturated carbocycles. The lowest BCUT2D eigenvalue weighted by Crippen LogP contribution is -2.29. The molecule has 2 aromatic carbocycles. The Bertz CT molecular complexity index is 1450. The first-order valence-electron chi connectivity index (χ1n) is 14.0. The van der Waals surface area contributed by atoms with Gasteiger partial charge in [0.05, 0.1) is 19.3 Å². The molecule has 0 spiro atoms. The Morgan fingerprint density at radius 2 is 1.72 bits per heavy atom. The highest BCUT2D eigenvalue weighted by molar-refractivity contribution is 7.80. The topological polar surface area (TPSA) is 57.7 Å². The van der Waals surface area contributed by atoms with Gasteiger partial charge in [0, 0.05) is 65.3 Å². The predicted molar refractivity (Wildman–Crippen MR) is 165 cm³/mol. The van der Waals surface area contributed by atoms with E-state index < -0.39 is 0 Å². The molecular formula is C32H40N3O3S+. The van der Waals surface area contributed by atoms with Gasteiger partial charge in [-0.15, -0.1) is 0 Å². The number of nitrogens with one attached hydrogen (secondary N) is 1. The van der Waals surface area contributed by atoms with Crippen LogP contribution in [0.15, 0.2) is 65.1 Å². The molecule has 1 amide bonds. The fourth-order valence-electron chi connectivity index (χ4n) is 5.13. The fraction of sp³-hybridized carbons (Fsp3) is 0.375. The van der Waals surface area contributed by atoms with E-state index in [0.717, 1.165) is 70.6 Å². The molecule has 206 valence electrons. The van der Waals surface area contributed by atoms with Gasteiger partial charge in [-0.05, 0) is 57.5 Å². The van der Waals surface area contributed by atoms with Crippen molar-refractivity contribution in [1.29, 1.82) is 0 Å². The summed E-state index contributed by atoms with van der Waals surface area (Å²) >= 11 is 4.16. The van der Waals surface area contributed by atoms with E-state index in [1.807, 2.05) is 24.3 Å². The highest BCUT2D eigenvalue weighted by Gasteiger charge is 2.22. The SMILES string of the molecule is CCN(CC)c1ccc2c(-c3ccccc3C(=O)NCCOCCS)c3ccc(=[N+](CC)CC)cc-3oc2c1. The summed E-state index contributed by atoms with van der Waals surface area (Å²) in [6, 6.07) is 20.6. The van der Waals surface area contributed by atoms with Crippen LogP contribution in [0.2, 0.25) is 0 Å². The van der Waals surface area contributed by atoms with Crippen LogP contribution in [0, 0.1) is 0 Å². The quantitative estimate of drug-likeness (QED) is 0.106. The van der Waals surface area contributed by atoms with E-state index in [-0.39, 0.29) is 5.91 Å². The van der Waals surface area contributed by atoms with E-state index in [9.17, 15) is 4.79 Å². The number of fused-ring (bicyclic) bond motifs is 2. The summed E-state index contributed by atoms with van der Waals surface area (Å²) in [7, 11) is 0. The van der Waals surface area contributed by atoms with Crippen molar-refractivity contribution in [2.75, 3.05) is 56.6 Å². The van der Waals surface area contributed by atoms with Gasteiger partial charge in [-0.1, -0.05) is 18.2 Å². The van der Waals surface area contributed by atoms with E-state index in [1.54, 1.807) is 0 Å². The monoisotopic (exact) mass is 546 g/mol. The summed E-state index contributed by atoms with van der Waals surface area (Å²) in [5.74, 6) is 1.33. The highest BCUT2D eigenvalue weighted by Crippen LogP contribution is 2.42. The van der Waals surface area contributed by atoms with Gasteiger partial charge in [0.1, 0.15) is 24.4 Å². The average molecular weight is 547 g/mol. The number of nitrogens with zero attached hydrogens (tertiary/aromatic N) is 2. The van der Waals surface area contributed by atoms with Gasteiger partial charge >= 0.3 is 0 Å². The number of hydrogen-bond acceptors (Lipinski definition) is 5. The van der Waals surface area contributed by atoms with Crippen LogP contribution in [-0.2, 0) is 4.74 Å². The van der Waals surface area contributed by atoms with Gasteiger partial charge in [0.25, 0.3) is 5.91 Å². The molecule has 0 unspecified atom stereocenters. The minimum Gasteiger partial charge on any atom is -0.456 e. The van der Waals surface area contributed by atoms with Gasteiger partial charge < -0.3 is 19.4 Å². The van der Waals surface area contributed by atoms with E-state index in [1.165, 1.54) is 0 Å². The smallest absolute Gasteiger partial charge is 0.251 e. The molecule has 1 N–H and O–H groups in total. The van der Waals surface area contributed by atoms with E-state index >= 15 is 0 Å². The van der Waals surface area contributed by atoms with Gasteiger partial charge in [0.15, 0.2) is 0 Å². The second kappa shape index (κ2) is 13.7. The van der Waals surface area contributed by atoms with Crippen molar-refractivity contribution in [3.05, 3.63) is 71.6 Å². The number of carbonyl (C=O) groups is 1. The third kappa shape index (κ3) is 6.31. The van der Waals surface area contributed by atoms with Crippen molar-refractivity contribution < 1.29 is 13.9 Å². The largest absolute Gasteiger partial charge is 0.456 e. The molecule has 1 aliphatic heterocycles. The Labute approximate surface area is 237 Å². The van der Waals surface area contributed by atoms with E-state index in [2.05, 4.69) is 91.5 Å². The van der Waals surface area contributed by atoms with Crippen LogP contribution >= 0.6 is 12.6 Å². The summed E-state index contributed by atoms with van der Waals surface area (Å²) in [4.78, 5) is 15.7. The third-order valence-electron chi connectivity index (χ3n) is 7.15. The maximum atomic E-state index is 13.4. The Morgan fingerprint density at radius 3 is 2.44 bits per heavy atom. The van der Waals surface area contributed by atoms with Crippen LogP contribution in [0.25, 0.3) is 33.4 Å². The molecule has 0 bridgehead atoms. The molecule has 2 aliphatic rings. The van der Waals surface area contributed by atoms with Crippen LogP contribution < -0.4 is 20.1 Å². The number of carbonyl (C=O) groups excluding carboxylic acids is 1. The Morgan fingerprint density at radius 1 is 0.949 bits per heavy atom. The van der Waals surface area contributed by atoms with Crippen LogP contribution in [0.3, 0.4) is 0 Å². The Hall–Kier alpha value is -3.29. The molecule has 1 aliphatic carbocycles. The van der Waals surface area contributed by atoms with Crippen molar-refractivity contribution in [3.8, 4) is 22.5 Å². The molecule has 7 heteroatoms. The van der Waals surface area contributed by atoms with Gasteiger partial charge in [-0.2, -0.15) is 12.6 Å². The van der Waals surface area contributed by atoms with Crippen molar-refractivity contribution in [1.82, 2.24) is 9.89 Å². The average Bonchev–Trinajstić information content (AvgIpc) is 2.97. The summed E-state index contributed by atoms with van der Waals surface area (Å²) in [6.45, 7) is 13.7. The zero-order chi connectivity index (χ0) is 27.8. The number of benzene rings is 3. The number of thiol groups is 1. The molecule has 0 atom stereocenters. The van der Waals surface area contributed by atoms with Crippen LogP contribution in [0.5, 0.6) is 0 Å². The fourth-order valence-corrected chi connectivity index (χ4v) is 5.26. The van der Waals surface area contributed by atoms with Crippen molar-refractivity contribution in [3.63, 3.8) is 0 Å². The molecule has 4 rings (SSSR count). The first-order valence-corrected chi connectivity index (χ1v) is 14.6. The number of amides is 1. The lowest BCUT2D eigenvalue weighted by atomic mass is 9.90. The summed E-state index contributed by atoms with van der Waals surface area (Å²) in [6.07, 6.45) is 0. The maximum absolute atomic E-state index is 13.4. The summed E-state index contributed by atoms with van der Waals surface area (Å²) < 4.78 is 14.4. The zero-order valence-corrected chi connectivity index (χ0v) is 24.4. The first-order chi connectivity index (χ1) is 19.1. The highest BCUT2D eigenvalue weighted by atomic mass is 32.1. The van der Waals surface area contributed by atoms with Crippen LogP contribution in [0.1, 0.15) is 38.1 Å². The second-order valence-corrected chi connectivity index (χ2v) is 9.77. The maximum Gasteiger partial charge on any atom is 0.251 e. The molecule has 0 saturated heterocycles. The van der Waals surface area contributed by atoms with Gasteiger partial charge in [0.2, 0.25) is 5.36 Å². The molecule has 0 radical (unpaired) electrons. The molecule has 6 nitrogen and oxygen atoms in total. The first kappa shape index (κ1) is 28.7. The lowest BCUT2D eigenvalue weighted by molar-refractivity contribution is 0.0924. The Kier molecular flexibility index (Phi) is 10.1. The summed E-state index contributed by atoms with van der Waals surface area (Å²) in [5.41, 5.74) is 5.40. The second-order valence-electron chi connectivity index (χ2n) is 9.32. The van der Waals surface area contributed by atoms with Crippen molar-refractivity contribution in [2.45, 2.75) is 27.7 Å². The lowest BCUT2D eigenvalue weighted by Gasteiger charge is -2.22. The molecule has 0 fully saturated rings. The molecule has 1 heterocycles. The van der Waals surface area contributed by atoms with Crippen LogP contribution in [-0.4, -0.2) is 57.6 Å². The molecular weight excluding hydrogens is 506 g/mol. The van der Waals surface area contributed by atoms with Crippen molar-refractivity contribution in [2.24, 2.45) is 0 Å². The Balaban J connectivity index is 1.93. The molecule has 0 aromatic heterocycles. The summed E-state index contributed by atoms with van der Waals surface area (Å²) in [5, 5.41) is 5.11. The number of rotatable bonds is 12. The normalized spacial score (nSPS) is 11.2. The predicted octanol–water partition coefficient (Wildman–Crippen LogP) is 5.54. The number of ether oxygens (including phenoxy) is 1. The molecule has 2 aromatic rings.